The number of anilines is 2. The highest BCUT2D eigenvalue weighted by molar-refractivity contribution is 5.85. The van der Waals surface area contributed by atoms with Crippen LogP contribution in [0.3, 0.4) is 0 Å². The van der Waals surface area contributed by atoms with Gasteiger partial charge in [0, 0.05) is 6.54 Å². The van der Waals surface area contributed by atoms with Crippen LogP contribution in [0, 0.1) is 11.3 Å². The van der Waals surface area contributed by atoms with E-state index in [9.17, 15) is 9.90 Å². The summed E-state index contributed by atoms with van der Waals surface area (Å²) in [6.45, 7) is 2.47. The van der Waals surface area contributed by atoms with Gasteiger partial charge in [-0.15, -0.1) is 0 Å². The molecule has 3 aromatic rings. The van der Waals surface area contributed by atoms with Gasteiger partial charge in [0.25, 0.3) is 0 Å². The van der Waals surface area contributed by atoms with Crippen LogP contribution in [0.5, 0.6) is 0 Å². The maximum absolute atomic E-state index is 11.5. The first kappa shape index (κ1) is 24.8. The van der Waals surface area contributed by atoms with Gasteiger partial charge >= 0.3 is 5.97 Å². The van der Waals surface area contributed by atoms with Crippen LogP contribution < -0.4 is 16.4 Å². The average molecular weight is 457 g/mol. The molecule has 0 spiro atoms. The van der Waals surface area contributed by atoms with Crippen LogP contribution in [0.2, 0.25) is 0 Å². The Kier molecular flexibility index (Phi) is 9.07. The lowest BCUT2D eigenvalue weighted by Crippen LogP contribution is -2.22. The quantitative estimate of drug-likeness (QED) is 0.263. The third-order valence-corrected chi connectivity index (χ3v) is 5.97. The Morgan fingerprint density at radius 3 is 2.26 bits per heavy atom. The zero-order valence-corrected chi connectivity index (χ0v) is 19.3. The number of nitrogens with one attached hydrogen (secondary N) is 2. The molecule has 0 unspecified atom stereocenters. The number of nitrogens with zero attached hydrogens (tertiary/aromatic N) is 1. The first-order chi connectivity index (χ1) is 16.6. The lowest BCUT2D eigenvalue weighted by Gasteiger charge is -2.12. The Morgan fingerprint density at radius 2 is 1.65 bits per heavy atom. The fourth-order valence-electron chi connectivity index (χ4n) is 3.77. The van der Waals surface area contributed by atoms with Crippen molar-refractivity contribution in [2.24, 2.45) is 0 Å². The summed E-state index contributed by atoms with van der Waals surface area (Å²) >= 11 is 0. The fourth-order valence-corrected chi connectivity index (χ4v) is 3.77. The molecule has 5 N–H and O–H groups in total. The van der Waals surface area contributed by atoms with E-state index in [1.807, 2.05) is 66.7 Å². The highest BCUT2D eigenvalue weighted by Crippen LogP contribution is 2.48. The zero-order chi connectivity index (χ0) is 24.2. The summed E-state index contributed by atoms with van der Waals surface area (Å²) in [5.74, 6) is -0.712. The van der Waals surface area contributed by atoms with Crippen molar-refractivity contribution in [1.29, 1.82) is 5.26 Å². The molecule has 0 heterocycles. The van der Waals surface area contributed by atoms with Crippen LogP contribution >= 0.6 is 0 Å². The van der Waals surface area contributed by atoms with Crippen LogP contribution in [-0.2, 0) is 16.6 Å². The van der Waals surface area contributed by atoms with E-state index < -0.39 is 11.4 Å². The predicted octanol–water partition coefficient (Wildman–Crippen LogP) is 4.58. The number of nitriles is 1. The molecule has 1 aliphatic rings. The first-order valence-electron chi connectivity index (χ1n) is 11.6. The number of benzene rings is 3. The van der Waals surface area contributed by atoms with Gasteiger partial charge in [-0.05, 0) is 62.0 Å². The Balaban J connectivity index is 0.000000469. The molecular formula is C28H32N4O2. The van der Waals surface area contributed by atoms with E-state index in [2.05, 4.69) is 22.8 Å². The Morgan fingerprint density at radius 1 is 0.971 bits per heavy atom. The summed E-state index contributed by atoms with van der Waals surface area (Å²) in [6.07, 6.45) is 3.27. The van der Waals surface area contributed by atoms with Crippen LogP contribution in [0.4, 0.5) is 11.4 Å². The van der Waals surface area contributed by atoms with Gasteiger partial charge < -0.3 is 21.5 Å². The monoisotopic (exact) mass is 456 g/mol. The molecule has 176 valence electrons. The van der Waals surface area contributed by atoms with E-state index in [-0.39, 0.29) is 0 Å². The van der Waals surface area contributed by atoms with E-state index >= 15 is 0 Å². The smallest absolute Gasteiger partial charge is 0.314 e. The second kappa shape index (κ2) is 12.4. The molecule has 1 fully saturated rings. The number of hydrogen-bond donors (Lipinski definition) is 4. The van der Waals surface area contributed by atoms with Gasteiger partial charge in [-0.1, -0.05) is 66.7 Å². The minimum absolute atomic E-state index is 0.487. The third kappa shape index (κ3) is 6.84. The number of carboxylic acid groups (broad SMARTS) is 1. The number of carbonyl (C=O) groups is 1. The number of nitrogens with two attached hydrogens (primary N) is 1. The van der Waals surface area contributed by atoms with Crippen LogP contribution in [0.25, 0.3) is 0 Å². The number of carboxylic acids is 1. The number of nitrogen functional groups attached to an aromatic ring is 1. The topological polar surface area (TPSA) is 111 Å². The largest absolute Gasteiger partial charge is 0.481 e. The molecular weight excluding hydrogens is 424 g/mol. The minimum Gasteiger partial charge on any atom is -0.481 e. The molecule has 6 nitrogen and oxygen atoms in total. The average Bonchev–Trinajstić information content (AvgIpc) is 3.69. The molecule has 0 amide bonds. The van der Waals surface area contributed by atoms with E-state index in [1.54, 1.807) is 6.07 Å². The molecule has 0 aromatic heterocycles. The van der Waals surface area contributed by atoms with Crippen LogP contribution in [0.15, 0.2) is 78.9 Å². The first-order valence-corrected chi connectivity index (χ1v) is 11.6. The molecule has 6 heteroatoms. The Labute approximate surface area is 201 Å². The second-order valence-electron chi connectivity index (χ2n) is 8.40. The fraction of sp³-hybridized carbons (Fsp3) is 0.286. The van der Waals surface area contributed by atoms with Gasteiger partial charge in [-0.3, -0.25) is 4.79 Å². The Bertz CT molecular complexity index is 1080. The molecule has 34 heavy (non-hydrogen) atoms. The lowest BCUT2D eigenvalue weighted by atomic mass is 9.94. The maximum atomic E-state index is 11.5. The third-order valence-electron chi connectivity index (χ3n) is 5.97. The zero-order valence-electron chi connectivity index (χ0n) is 19.3. The molecule has 0 radical (unpaired) electrons. The highest BCUT2D eigenvalue weighted by atomic mass is 16.4. The number of hydrogen-bond acceptors (Lipinski definition) is 5. The van der Waals surface area contributed by atoms with Gasteiger partial charge in [0.1, 0.15) is 6.07 Å². The summed E-state index contributed by atoms with van der Waals surface area (Å²) in [7, 11) is 0. The SMILES string of the molecule is N#Cc1cccc(NCCCNCCc2cccc(C3(C(=O)O)CC3)c2)c1N.c1ccccc1. The number of para-hydroxylation sites is 1. The molecule has 0 aliphatic heterocycles. The van der Waals surface area contributed by atoms with E-state index in [4.69, 9.17) is 11.0 Å². The second-order valence-corrected chi connectivity index (χ2v) is 8.40. The van der Waals surface area contributed by atoms with Gasteiger partial charge in [-0.25, -0.2) is 0 Å². The standard InChI is InChI=1S/C22H26N4O2.C6H6/c23-15-17-5-2-7-19(20(17)24)26-12-3-11-25-13-8-16-4-1-6-18(14-16)22(9-10-22)21(27)28;1-2-4-6-5-3-1/h1-2,4-7,14,25-26H,3,8-13,24H2,(H,27,28);1-6H. The van der Waals surface area contributed by atoms with Crippen molar-refractivity contribution in [3.05, 3.63) is 95.6 Å². The minimum atomic E-state index is -0.712. The van der Waals surface area contributed by atoms with Crippen molar-refractivity contribution in [3.8, 4) is 6.07 Å². The van der Waals surface area contributed by atoms with Crippen molar-refractivity contribution in [2.45, 2.75) is 31.1 Å². The van der Waals surface area contributed by atoms with Crippen molar-refractivity contribution in [2.75, 3.05) is 30.7 Å². The number of aliphatic carboxylic acids is 1. The molecule has 0 saturated heterocycles. The van der Waals surface area contributed by atoms with Crippen molar-refractivity contribution >= 4 is 17.3 Å². The van der Waals surface area contributed by atoms with E-state index in [0.29, 0.717) is 11.3 Å². The molecule has 4 rings (SSSR count). The summed E-state index contributed by atoms with van der Waals surface area (Å²) in [5, 5.41) is 25.1. The molecule has 0 atom stereocenters. The van der Waals surface area contributed by atoms with Gasteiger partial charge in [0.05, 0.1) is 22.4 Å². The summed E-state index contributed by atoms with van der Waals surface area (Å²) in [6, 6.07) is 27.5. The highest BCUT2D eigenvalue weighted by Gasteiger charge is 2.51. The molecule has 0 bridgehead atoms. The predicted molar refractivity (Wildman–Crippen MR) is 137 cm³/mol. The van der Waals surface area contributed by atoms with Gasteiger partial charge in [-0.2, -0.15) is 5.26 Å². The summed E-state index contributed by atoms with van der Waals surface area (Å²) < 4.78 is 0. The molecule has 1 saturated carbocycles. The van der Waals surface area contributed by atoms with Crippen molar-refractivity contribution in [3.63, 3.8) is 0 Å². The van der Waals surface area contributed by atoms with Gasteiger partial charge in [0.15, 0.2) is 0 Å². The maximum Gasteiger partial charge on any atom is 0.314 e. The normalized spacial score (nSPS) is 13.1. The van der Waals surface area contributed by atoms with Crippen LogP contribution in [0.1, 0.15) is 36.0 Å². The summed E-state index contributed by atoms with van der Waals surface area (Å²) in [5.41, 5.74) is 9.18. The van der Waals surface area contributed by atoms with E-state index in [1.165, 1.54) is 0 Å². The van der Waals surface area contributed by atoms with Crippen LogP contribution in [-0.4, -0.2) is 30.7 Å². The Hall–Kier alpha value is -3.82. The summed E-state index contributed by atoms with van der Waals surface area (Å²) in [4.78, 5) is 11.5. The molecule has 3 aromatic carbocycles. The van der Waals surface area contributed by atoms with Crippen molar-refractivity contribution in [1.82, 2.24) is 5.32 Å². The van der Waals surface area contributed by atoms with Crippen molar-refractivity contribution < 1.29 is 9.90 Å². The molecule has 1 aliphatic carbocycles. The van der Waals surface area contributed by atoms with E-state index in [0.717, 1.165) is 62.1 Å². The number of rotatable bonds is 10. The lowest BCUT2D eigenvalue weighted by molar-refractivity contribution is -0.140. The van der Waals surface area contributed by atoms with Gasteiger partial charge in [0.2, 0.25) is 0 Å².